The number of anilines is 1. The van der Waals surface area contributed by atoms with Crippen molar-refractivity contribution in [1.82, 2.24) is 4.98 Å². The van der Waals surface area contributed by atoms with E-state index < -0.39 is 0 Å². The van der Waals surface area contributed by atoms with Gasteiger partial charge in [0, 0.05) is 29.1 Å². The summed E-state index contributed by atoms with van der Waals surface area (Å²) in [6.45, 7) is 0. The van der Waals surface area contributed by atoms with Crippen LogP contribution < -0.4 is 4.90 Å². The smallest absolute Gasteiger partial charge is 0.229 e. The lowest BCUT2D eigenvalue weighted by Crippen LogP contribution is -2.53. The van der Waals surface area contributed by atoms with E-state index in [2.05, 4.69) is 4.98 Å². The first-order valence-electron chi connectivity index (χ1n) is 8.13. The van der Waals surface area contributed by atoms with E-state index in [0.717, 1.165) is 40.0 Å². The maximum Gasteiger partial charge on any atom is 0.229 e. The van der Waals surface area contributed by atoms with Crippen LogP contribution in [0.25, 0.3) is 10.9 Å². The molecule has 0 saturated carbocycles. The normalized spacial score (nSPS) is 17.1. The molecule has 2 heterocycles. The lowest BCUT2D eigenvalue weighted by Gasteiger charge is -2.41. The number of rotatable bonds is 4. The number of carbonyl (C=O) groups is 1. The van der Waals surface area contributed by atoms with Crippen molar-refractivity contribution in [2.45, 2.75) is 25.3 Å². The molecule has 0 spiro atoms. The fourth-order valence-corrected chi connectivity index (χ4v) is 3.58. The van der Waals surface area contributed by atoms with Gasteiger partial charge in [-0.3, -0.25) is 9.78 Å². The highest BCUT2D eigenvalue weighted by Crippen LogP contribution is 2.35. The van der Waals surface area contributed by atoms with Crippen molar-refractivity contribution in [2.24, 2.45) is 0 Å². The fourth-order valence-electron chi connectivity index (χ4n) is 3.35. The van der Waals surface area contributed by atoms with Crippen molar-refractivity contribution in [3.8, 4) is 0 Å². The van der Waals surface area contributed by atoms with Crippen LogP contribution in [0.1, 0.15) is 18.4 Å². The molecule has 1 amide bonds. The third-order valence-electron chi connectivity index (χ3n) is 4.62. The number of para-hydroxylation sites is 1. The molecule has 2 aromatic carbocycles. The minimum absolute atomic E-state index is 0.164. The second-order valence-electron chi connectivity index (χ2n) is 6.10. The number of carbonyl (C=O) groups excluding carboxylic acids is 1. The van der Waals surface area contributed by atoms with E-state index in [-0.39, 0.29) is 11.9 Å². The van der Waals surface area contributed by atoms with Crippen molar-refractivity contribution in [1.29, 1.82) is 0 Å². The molecule has 1 aliphatic rings. The SMILES string of the molecule is O=C1CC(CCc2ccccc2Cl)N1c1cccc2cccnc12. The van der Waals surface area contributed by atoms with Crippen molar-refractivity contribution < 1.29 is 4.79 Å². The Bertz CT molecular complexity index is 904. The standard InChI is InChI=1S/C20H17ClN2O/c21-17-8-2-1-5-14(17)10-11-16-13-19(24)23(16)18-9-3-6-15-7-4-12-22-20(15)18/h1-9,12,16H,10-11,13H2. The van der Waals surface area contributed by atoms with Crippen molar-refractivity contribution in [3.05, 3.63) is 71.4 Å². The van der Waals surface area contributed by atoms with Gasteiger partial charge >= 0.3 is 0 Å². The average Bonchev–Trinajstić information content (AvgIpc) is 2.60. The molecule has 1 aromatic heterocycles. The lowest BCUT2D eigenvalue weighted by molar-refractivity contribution is -0.124. The van der Waals surface area contributed by atoms with Gasteiger partial charge in [-0.15, -0.1) is 0 Å². The Hall–Kier alpha value is -2.39. The van der Waals surface area contributed by atoms with Crippen LogP contribution in [0.3, 0.4) is 0 Å². The Balaban J connectivity index is 1.58. The van der Waals surface area contributed by atoms with Crippen LogP contribution >= 0.6 is 11.6 Å². The number of aromatic nitrogens is 1. The first-order chi connectivity index (χ1) is 11.7. The Morgan fingerprint density at radius 2 is 1.92 bits per heavy atom. The predicted octanol–water partition coefficient (Wildman–Crippen LogP) is 4.63. The summed E-state index contributed by atoms with van der Waals surface area (Å²) in [5, 5.41) is 1.85. The molecular formula is C20H17ClN2O. The number of nitrogens with zero attached hydrogens (tertiary/aromatic N) is 2. The quantitative estimate of drug-likeness (QED) is 0.651. The molecule has 120 valence electrons. The topological polar surface area (TPSA) is 33.2 Å². The zero-order chi connectivity index (χ0) is 16.5. The van der Waals surface area contributed by atoms with Gasteiger partial charge in [0.1, 0.15) is 0 Å². The van der Waals surface area contributed by atoms with E-state index in [9.17, 15) is 4.79 Å². The number of hydrogen-bond acceptors (Lipinski definition) is 2. The fraction of sp³-hybridized carbons (Fsp3) is 0.200. The van der Waals surface area contributed by atoms with Crippen LogP contribution in [-0.2, 0) is 11.2 Å². The molecule has 4 rings (SSSR count). The maximum absolute atomic E-state index is 12.2. The third kappa shape index (κ3) is 2.65. The van der Waals surface area contributed by atoms with Gasteiger partial charge in [0.05, 0.1) is 11.2 Å². The second kappa shape index (κ2) is 6.25. The molecule has 1 unspecified atom stereocenters. The van der Waals surface area contributed by atoms with Gasteiger partial charge in [-0.05, 0) is 36.6 Å². The van der Waals surface area contributed by atoms with E-state index in [0.29, 0.717) is 6.42 Å². The molecule has 1 aliphatic heterocycles. The second-order valence-corrected chi connectivity index (χ2v) is 6.51. The van der Waals surface area contributed by atoms with Crippen molar-refractivity contribution >= 4 is 34.1 Å². The minimum atomic E-state index is 0.164. The first kappa shape index (κ1) is 15.2. The third-order valence-corrected chi connectivity index (χ3v) is 4.99. The highest BCUT2D eigenvalue weighted by Gasteiger charge is 2.37. The average molecular weight is 337 g/mol. The van der Waals surface area contributed by atoms with Gasteiger partial charge in [-0.2, -0.15) is 0 Å². The summed E-state index contributed by atoms with van der Waals surface area (Å²) in [7, 11) is 0. The van der Waals surface area contributed by atoms with Crippen LogP contribution in [0.4, 0.5) is 5.69 Å². The van der Waals surface area contributed by atoms with E-state index >= 15 is 0 Å². The van der Waals surface area contributed by atoms with Gasteiger partial charge in [-0.25, -0.2) is 0 Å². The summed E-state index contributed by atoms with van der Waals surface area (Å²) >= 11 is 6.24. The highest BCUT2D eigenvalue weighted by atomic mass is 35.5. The van der Waals surface area contributed by atoms with Gasteiger partial charge in [0.2, 0.25) is 5.91 Å². The minimum Gasteiger partial charge on any atom is -0.307 e. The van der Waals surface area contributed by atoms with Gasteiger partial charge in [0.15, 0.2) is 0 Å². The van der Waals surface area contributed by atoms with E-state index in [1.807, 2.05) is 59.5 Å². The number of benzene rings is 2. The molecule has 3 aromatic rings. The Morgan fingerprint density at radius 1 is 1.08 bits per heavy atom. The van der Waals surface area contributed by atoms with Crippen LogP contribution in [0.2, 0.25) is 5.02 Å². The summed E-state index contributed by atoms with van der Waals surface area (Å²) in [4.78, 5) is 18.6. The Morgan fingerprint density at radius 3 is 2.75 bits per heavy atom. The van der Waals surface area contributed by atoms with Crippen molar-refractivity contribution in [3.63, 3.8) is 0 Å². The molecule has 0 aliphatic carbocycles. The van der Waals surface area contributed by atoms with Crippen LogP contribution in [-0.4, -0.2) is 16.9 Å². The summed E-state index contributed by atoms with van der Waals surface area (Å²) < 4.78 is 0. The molecule has 0 bridgehead atoms. The number of amides is 1. The molecule has 0 radical (unpaired) electrons. The molecule has 3 nitrogen and oxygen atoms in total. The van der Waals surface area contributed by atoms with E-state index in [1.165, 1.54) is 0 Å². The molecule has 1 saturated heterocycles. The molecule has 0 N–H and O–H groups in total. The van der Waals surface area contributed by atoms with Gasteiger partial charge < -0.3 is 4.90 Å². The van der Waals surface area contributed by atoms with Gasteiger partial charge in [0.25, 0.3) is 0 Å². The molecular weight excluding hydrogens is 320 g/mol. The maximum atomic E-state index is 12.2. The number of pyridine rings is 1. The lowest BCUT2D eigenvalue weighted by atomic mass is 9.93. The molecule has 1 atom stereocenters. The number of halogens is 1. The number of aryl methyl sites for hydroxylation is 1. The number of hydrogen-bond donors (Lipinski definition) is 0. The van der Waals surface area contributed by atoms with Gasteiger partial charge in [-0.1, -0.05) is 48.0 Å². The summed E-state index contributed by atoms with van der Waals surface area (Å²) in [5.41, 5.74) is 2.93. The zero-order valence-corrected chi connectivity index (χ0v) is 13.9. The van der Waals surface area contributed by atoms with Crippen LogP contribution in [0.5, 0.6) is 0 Å². The van der Waals surface area contributed by atoms with Crippen molar-refractivity contribution in [2.75, 3.05) is 4.90 Å². The van der Waals surface area contributed by atoms with Crippen LogP contribution in [0.15, 0.2) is 60.8 Å². The zero-order valence-electron chi connectivity index (χ0n) is 13.2. The van der Waals surface area contributed by atoms with Crippen LogP contribution in [0, 0.1) is 0 Å². The predicted molar refractivity (Wildman–Crippen MR) is 97.4 cm³/mol. The molecule has 1 fully saturated rings. The summed E-state index contributed by atoms with van der Waals surface area (Å²) in [5.74, 6) is 0.164. The van der Waals surface area contributed by atoms with E-state index in [1.54, 1.807) is 6.20 Å². The Kier molecular flexibility index (Phi) is 3.95. The molecule has 24 heavy (non-hydrogen) atoms. The summed E-state index contributed by atoms with van der Waals surface area (Å²) in [6.07, 6.45) is 4.13. The molecule has 4 heteroatoms. The highest BCUT2D eigenvalue weighted by molar-refractivity contribution is 6.31. The summed E-state index contributed by atoms with van der Waals surface area (Å²) in [6, 6.07) is 18.0. The number of β-lactam (4-membered cyclic amide) rings is 1. The monoisotopic (exact) mass is 336 g/mol. The largest absolute Gasteiger partial charge is 0.307 e. The first-order valence-corrected chi connectivity index (χ1v) is 8.51. The number of fused-ring (bicyclic) bond motifs is 1. The van der Waals surface area contributed by atoms with E-state index in [4.69, 9.17) is 11.6 Å². The Labute approximate surface area is 145 Å².